The highest BCUT2D eigenvalue weighted by molar-refractivity contribution is 8.00. The third kappa shape index (κ3) is 6.14. The Hall–Kier alpha value is -3.08. The molecule has 0 spiro atoms. The first kappa shape index (κ1) is 25.0. The lowest BCUT2D eigenvalue weighted by atomic mass is 10.1. The summed E-state index contributed by atoms with van der Waals surface area (Å²) in [6, 6.07) is 11.4. The van der Waals surface area contributed by atoms with E-state index in [9.17, 15) is 9.18 Å². The average Bonchev–Trinajstić information content (AvgIpc) is 3.24. The molecule has 0 fully saturated rings. The molecule has 0 bridgehead atoms. The fourth-order valence-electron chi connectivity index (χ4n) is 3.45. The SMILES string of the molecule is COc1ccc(CN(C)CNC(=O)c2c(F)ccc(OCC3Nc4cc(Cl)cnc4S3)c2F)cc1. The third-order valence-electron chi connectivity index (χ3n) is 5.18. The standard InChI is InChI=1S/C24H23ClF2N4O3S/c1-31(11-14-3-5-16(33-2)6-4-14)13-29-23(32)21-17(26)7-8-19(22(21)27)34-12-20-30-18-9-15(25)10-28-24(18)35-20/h3-10,20,30H,11-13H2,1-2H3,(H,29,32). The molecule has 1 unspecified atom stereocenters. The van der Waals surface area contributed by atoms with Crippen molar-refractivity contribution in [1.29, 1.82) is 0 Å². The summed E-state index contributed by atoms with van der Waals surface area (Å²) in [7, 11) is 3.37. The number of fused-ring (bicyclic) bond motifs is 1. The van der Waals surface area contributed by atoms with Crippen LogP contribution in [0, 0.1) is 11.6 Å². The van der Waals surface area contributed by atoms with Crippen LogP contribution in [0.3, 0.4) is 0 Å². The van der Waals surface area contributed by atoms with Gasteiger partial charge in [0.05, 0.1) is 24.5 Å². The van der Waals surface area contributed by atoms with E-state index in [1.807, 2.05) is 24.3 Å². The summed E-state index contributed by atoms with van der Waals surface area (Å²) in [6.45, 7) is 0.672. The minimum absolute atomic E-state index is 0.0624. The van der Waals surface area contributed by atoms with Crippen LogP contribution in [0.15, 0.2) is 53.7 Å². The van der Waals surface area contributed by atoms with E-state index in [0.717, 1.165) is 28.1 Å². The van der Waals surface area contributed by atoms with Crippen molar-refractivity contribution in [3.8, 4) is 11.5 Å². The summed E-state index contributed by atoms with van der Waals surface area (Å²) in [5, 5.41) is 6.73. The van der Waals surface area contributed by atoms with Gasteiger partial charge in [-0.25, -0.2) is 13.8 Å². The van der Waals surface area contributed by atoms with Crippen LogP contribution in [0.4, 0.5) is 14.5 Å². The number of carbonyl (C=O) groups excluding carboxylic acids is 1. The van der Waals surface area contributed by atoms with Gasteiger partial charge in [-0.1, -0.05) is 35.5 Å². The van der Waals surface area contributed by atoms with Gasteiger partial charge in [-0.3, -0.25) is 9.69 Å². The van der Waals surface area contributed by atoms with Crippen LogP contribution < -0.4 is 20.1 Å². The third-order valence-corrected chi connectivity index (χ3v) is 6.48. The van der Waals surface area contributed by atoms with E-state index < -0.39 is 23.1 Å². The average molecular weight is 521 g/mol. The molecular weight excluding hydrogens is 498 g/mol. The molecule has 11 heteroatoms. The van der Waals surface area contributed by atoms with Crippen LogP contribution in [0.5, 0.6) is 11.5 Å². The molecule has 1 aliphatic heterocycles. The second-order valence-electron chi connectivity index (χ2n) is 7.83. The Balaban J connectivity index is 1.34. The summed E-state index contributed by atoms with van der Waals surface area (Å²) in [4.78, 5) is 18.6. The van der Waals surface area contributed by atoms with Crippen LogP contribution in [0.25, 0.3) is 0 Å². The number of anilines is 1. The molecule has 0 aliphatic carbocycles. The summed E-state index contributed by atoms with van der Waals surface area (Å²) < 4.78 is 40.1. The number of amides is 1. The maximum absolute atomic E-state index is 15.0. The number of nitrogens with one attached hydrogen (secondary N) is 2. The number of nitrogens with zero attached hydrogens (tertiary/aromatic N) is 2. The number of pyridine rings is 1. The van der Waals surface area contributed by atoms with E-state index in [4.69, 9.17) is 21.1 Å². The second-order valence-corrected chi connectivity index (χ2v) is 9.46. The van der Waals surface area contributed by atoms with Gasteiger partial charge < -0.3 is 20.1 Å². The predicted molar refractivity (Wildman–Crippen MR) is 131 cm³/mol. The van der Waals surface area contributed by atoms with Crippen LogP contribution >= 0.6 is 23.4 Å². The molecular formula is C24H23ClF2N4O3S. The molecule has 35 heavy (non-hydrogen) atoms. The summed E-state index contributed by atoms with van der Waals surface area (Å²) in [5.74, 6) is -2.36. The molecule has 2 N–H and O–H groups in total. The van der Waals surface area contributed by atoms with Crippen LogP contribution in [0.2, 0.25) is 5.02 Å². The van der Waals surface area contributed by atoms with Crippen molar-refractivity contribution in [2.24, 2.45) is 0 Å². The van der Waals surface area contributed by atoms with E-state index >= 15 is 4.39 Å². The zero-order valence-electron chi connectivity index (χ0n) is 19.0. The van der Waals surface area contributed by atoms with Gasteiger partial charge in [-0.15, -0.1) is 0 Å². The van der Waals surface area contributed by atoms with Crippen molar-refractivity contribution in [2.45, 2.75) is 16.9 Å². The smallest absolute Gasteiger partial charge is 0.258 e. The van der Waals surface area contributed by atoms with E-state index in [-0.39, 0.29) is 24.4 Å². The van der Waals surface area contributed by atoms with Crippen molar-refractivity contribution in [2.75, 3.05) is 32.7 Å². The molecule has 1 aliphatic rings. The van der Waals surface area contributed by atoms with Gasteiger partial charge in [0, 0.05) is 12.7 Å². The van der Waals surface area contributed by atoms with Gasteiger partial charge in [0.1, 0.15) is 34.1 Å². The number of hydrogen-bond donors (Lipinski definition) is 2. The Morgan fingerprint density at radius 1 is 1.26 bits per heavy atom. The first-order valence-corrected chi connectivity index (χ1v) is 11.9. The largest absolute Gasteiger partial charge is 0.497 e. The van der Waals surface area contributed by atoms with E-state index in [1.54, 1.807) is 25.1 Å². The van der Waals surface area contributed by atoms with E-state index in [2.05, 4.69) is 15.6 Å². The highest BCUT2D eigenvalue weighted by atomic mass is 35.5. The zero-order chi connectivity index (χ0) is 24.9. The Morgan fingerprint density at radius 2 is 2.03 bits per heavy atom. The molecule has 1 amide bonds. The highest BCUT2D eigenvalue weighted by Gasteiger charge is 2.26. The maximum atomic E-state index is 15.0. The molecule has 7 nitrogen and oxygen atoms in total. The molecule has 2 heterocycles. The molecule has 1 aromatic heterocycles. The first-order valence-electron chi connectivity index (χ1n) is 10.6. The van der Waals surface area contributed by atoms with E-state index in [0.29, 0.717) is 11.6 Å². The Kier molecular flexibility index (Phi) is 7.94. The normalized spacial score (nSPS) is 14.4. The fraction of sp³-hybridized carbons (Fsp3) is 0.250. The van der Waals surface area contributed by atoms with Crippen LogP contribution in [-0.2, 0) is 6.54 Å². The Morgan fingerprint density at radius 3 is 2.77 bits per heavy atom. The summed E-state index contributed by atoms with van der Waals surface area (Å²) >= 11 is 7.35. The van der Waals surface area contributed by atoms with E-state index in [1.165, 1.54) is 24.0 Å². The van der Waals surface area contributed by atoms with Crippen molar-refractivity contribution in [3.05, 3.63) is 76.4 Å². The molecule has 184 valence electrons. The van der Waals surface area contributed by atoms with Crippen LogP contribution in [0.1, 0.15) is 15.9 Å². The quantitative estimate of drug-likeness (QED) is 0.394. The van der Waals surface area contributed by atoms with Gasteiger partial charge >= 0.3 is 0 Å². The monoisotopic (exact) mass is 520 g/mol. The Bertz CT molecular complexity index is 1220. The summed E-state index contributed by atoms with van der Waals surface area (Å²) in [5.41, 5.74) is 1.06. The number of rotatable bonds is 9. The predicted octanol–water partition coefficient (Wildman–Crippen LogP) is 4.76. The molecule has 0 radical (unpaired) electrons. The van der Waals surface area contributed by atoms with Crippen molar-refractivity contribution < 1.29 is 23.0 Å². The summed E-state index contributed by atoms with van der Waals surface area (Å²) in [6.07, 6.45) is 1.54. The molecule has 1 atom stereocenters. The van der Waals surface area contributed by atoms with Gasteiger partial charge in [0.15, 0.2) is 11.6 Å². The number of methoxy groups -OCH3 is 1. The second kappa shape index (κ2) is 11.1. The lowest BCUT2D eigenvalue weighted by Crippen LogP contribution is -2.36. The Labute approximate surface area is 210 Å². The molecule has 4 rings (SSSR count). The number of benzene rings is 2. The fourth-order valence-corrected chi connectivity index (χ4v) is 4.56. The number of ether oxygens (including phenoxy) is 2. The number of halogens is 3. The number of aromatic nitrogens is 1. The zero-order valence-corrected chi connectivity index (χ0v) is 20.6. The van der Waals surface area contributed by atoms with Gasteiger partial charge in [0.25, 0.3) is 5.91 Å². The highest BCUT2D eigenvalue weighted by Crippen LogP contribution is 2.38. The minimum atomic E-state index is -1.05. The lowest BCUT2D eigenvalue weighted by Gasteiger charge is -2.18. The van der Waals surface area contributed by atoms with Crippen molar-refractivity contribution in [3.63, 3.8) is 0 Å². The molecule has 3 aromatic rings. The van der Waals surface area contributed by atoms with Gasteiger partial charge in [0.2, 0.25) is 0 Å². The van der Waals surface area contributed by atoms with Crippen LogP contribution in [-0.4, -0.2) is 48.6 Å². The number of thioether (sulfide) groups is 1. The topological polar surface area (TPSA) is 75.7 Å². The number of hydrogen-bond acceptors (Lipinski definition) is 7. The van der Waals surface area contributed by atoms with Gasteiger partial charge in [-0.2, -0.15) is 0 Å². The molecule has 0 saturated heterocycles. The van der Waals surface area contributed by atoms with Crippen molar-refractivity contribution in [1.82, 2.24) is 15.2 Å². The lowest BCUT2D eigenvalue weighted by molar-refractivity contribution is 0.0918. The minimum Gasteiger partial charge on any atom is -0.497 e. The molecule has 2 aromatic carbocycles. The molecule has 0 saturated carbocycles. The number of carbonyl (C=O) groups is 1. The van der Waals surface area contributed by atoms with Crippen molar-refractivity contribution >= 4 is 35.0 Å². The maximum Gasteiger partial charge on any atom is 0.258 e. The first-order chi connectivity index (χ1) is 16.8. The van der Waals surface area contributed by atoms with Gasteiger partial charge in [-0.05, 0) is 42.9 Å².